The highest BCUT2D eigenvalue weighted by atomic mass is 19.4. The number of halogens is 3. The van der Waals surface area contributed by atoms with Crippen LogP contribution in [0.15, 0.2) is 48.5 Å². The second-order valence-corrected chi connectivity index (χ2v) is 6.04. The van der Waals surface area contributed by atoms with Crippen LogP contribution in [-0.4, -0.2) is 36.3 Å². The molecule has 5 nitrogen and oxygen atoms in total. The fourth-order valence-corrected chi connectivity index (χ4v) is 2.58. The summed E-state index contributed by atoms with van der Waals surface area (Å²) in [4.78, 5) is 25.9. The third kappa shape index (κ3) is 5.73. The molecule has 0 radical (unpaired) electrons. The topological polar surface area (TPSA) is 61.4 Å². The van der Waals surface area contributed by atoms with Gasteiger partial charge in [0.25, 0.3) is 5.91 Å². The first kappa shape index (κ1) is 21.3. The molecule has 2 amide bonds. The molecule has 0 aromatic heterocycles. The Morgan fingerprint density at radius 1 is 0.964 bits per heavy atom. The number of nitrogens with one attached hydrogen (secondary N) is 2. The lowest BCUT2D eigenvalue weighted by molar-refractivity contribution is -0.137. The molecule has 0 bridgehead atoms. The van der Waals surface area contributed by atoms with Gasteiger partial charge in [-0.15, -0.1) is 0 Å². The minimum atomic E-state index is -4.47. The van der Waals surface area contributed by atoms with Crippen LogP contribution >= 0.6 is 0 Å². The Bertz CT molecular complexity index is 816. The molecule has 0 saturated carbocycles. The number of alkyl halides is 3. The number of carbonyl (C=O) groups is 2. The normalized spacial score (nSPS) is 11.0. The third-order valence-electron chi connectivity index (χ3n) is 4.11. The first-order valence-corrected chi connectivity index (χ1v) is 8.85. The van der Waals surface area contributed by atoms with E-state index in [1.54, 1.807) is 29.2 Å². The van der Waals surface area contributed by atoms with Crippen molar-refractivity contribution in [3.8, 4) is 0 Å². The van der Waals surface area contributed by atoms with E-state index in [4.69, 9.17) is 0 Å². The molecule has 0 aliphatic rings. The molecule has 0 atom stereocenters. The van der Waals surface area contributed by atoms with Gasteiger partial charge in [0.1, 0.15) is 0 Å². The monoisotopic (exact) mass is 393 g/mol. The van der Waals surface area contributed by atoms with E-state index in [2.05, 4.69) is 10.6 Å². The van der Waals surface area contributed by atoms with E-state index < -0.39 is 17.6 Å². The molecule has 2 rings (SSSR count). The largest absolute Gasteiger partial charge is 0.416 e. The number of benzene rings is 2. The number of carbonyl (C=O) groups excluding carboxylic acids is 2. The lowest BCUT2D eigenvalue weighted by atomic mass is 10.1. The van der Waals surface area contributed by atoms with Crippen molar-refractivity contribution < 1.29 is 22.8 Å². The van der Waals surface area contributed by atoms with E-state index in [9.17, 15) is 22.8 Å². The molecule has 2 aromatic carbocycles. The smallest absolute Gasteiger partial charge is 0.376 e. The van der Waals surface area contributed by atoms with Crippen molar-refractivity contribution in [1.29, 1.82) is 0 Å². The van der Waals surface area contributed by atoms with Gasteiger partial charge < -0.3 is 15.5 Å². The summed E-state index contributed by atoms with van der Waals surface area (Å²) in [7, 11) is 0. The van der Waals surface area contributed by atoms with Crippen molar-refractivity contribution in [1.82, 2.24) is 4.90 Å². The Hall–Kier alpha value is -3.03. The van der Waals surface area contributed by atoms with Crippen LogP contribution in [0.25, 0.3) is 0 Å². The lowest BCUT2D eigenvalue weighted by Crippen LogP contribution is -2.30. The maximum atomic E-state index is 12.7. The lowest BCUT2D eigenvalue weighted by Gasteiger charge is -2.18. The number of amides is 2. The highest BCUT2D eigenvalue weighted by Crippen LogP contribution is 2.30. The summed E-state index contributed by atoms with van der Waals surface area (Å²) in [6.45, 7) is 4.91. The maximum absolute atomic E-state index is 12.7. The van der Waals surface area contributed by atoms with Crippen molar-refractivity contribution in [2.45, 2.75) is 20.0 Å². The molecule has 2 N–H and O–H groups in total. The van der Waals surface area contributed by atoms with Crippen LogP contribution in [0.3, 0.4) is 0 Å². The van der Waals surface area contributed by atoms with E-state index in [0.717, 1.165) is 12.1 Å². The predicted molar refractivity (Wildman–Crippen MR) is 102 cm³/mol. The van der Waals surface area contributed by atoms with E-state index >= 15 is 0 Å². The highest BCUT2D eigenvalue weighted by Gasteiger charge is 2.30. The van der Waals surface area contributed by atoms with Crippen LogP contribution in [-0.2, 0) is 11.0 Å². The molecule has 0 spiro atoms. The van der Waals surface area contributed by atoms with Gasteiger partial charge in [0, 0.05) is 30.0 Å². The van der Waals surface area contributed by atoms with Gasteiger partial charge >= 0.3 is 6.18 Å². The van der Waals surface area contributed by atoms with Crippen LogP contribution in [0, 0.1) is 0 Å². The van der Waals surface area contributed by atoms with Crippen LogP contribution in [0.5, 0.6) is 0 Å². The summed E-state index contributed by atoms with van der Waals surface area (Å²) in [5.41, 5.74) is 0.409. The third-order valence-corrected chi connectivity index (χ3v) is 4.11. The molecule has 0 unspecified atom stereocenters. The average Bonchev–Trinajstić information content (AvgIpc) is 2.67. The van der Waals surface area contributed by atoms with Gasteiger partial charge in [-0.25, -0.2) is 0 Å². The van der Waals surface area contributed by atoms with Gasteiger partial charge in [-0.2, -0.15) is 13.2 Å². The van der Waals surface area contributed by atoms with Crippen molar-refractivity contribution in [2.75, 3.05) is 30.3 Å². The second-order valence-electron chi connectivity index (χ2n) is 6.04. The zero-order chi connectivity index (χ0) is 20.7. The van der Waals surface area contributed by atoms with Crippen molar-refractivity contribution in [3.05, 3.63) is 59.7 Å². The van der Waals surface area contributed by atoms with Gasteiger partial charge in [-0.3, -0.25) is 9.59 Å². The van der Waals surface area contributed by atoms with Crippen molar-refractivity contribution >= 4 is 23.2 Å². The van der Waals surface area contributed by atoms with Gasteiger partial charge in [-0.05, 0) is 56.3 Å². The summed E-state index contributed by atoms with van der Waals surface area (Å²) in [6, 6.07) is 11.1. The van der Waals surface area contributed by atoms with E-state index in [1.165, 1.54) is 12.1 Å². The average molecular weight is 393 g/mol. The molecule has 28 heavy (non-hydrogen) atoms. The molecule has 0 heterocycles. The first-order valence-electron chi connectivity index (χ1n) is 8.85. The first-order chi connectivity index (χ1) is 13.2. The predicted octanol–water partition coefficient (Wildman–Crippen LogP) is 4.24. The molecular formula is C20H22F3N3O2. The second kappa shape index (κ2) is 9.25. The molecule has 0 aliphatic heterocycles. The zero-order valence-electron chi connectivity index (χ0n) is 15.6. The van der Waals surface area contributed by atoms with Crippen LogP contribution in [0.2, 0.25) is 0 Å². The van der Waals surface area contributed by atoms with Crippen molar-refractivity contribution in [3.63, 3.8) is 0 Å². The fourth-order valence-electron chi connectivity index (χ4n) is 2.58. The summed E-state index contributed by atoms with van der Waals surface area (Å²) in [5.74, 6) is -0.554. The van der Waals surface area contributed by atoms with Crippen molar-refractivity contribution in [2.24, 2.45) is 0 Å². The number of nitrogens with zero attached hydrogens (tertiary/aromatic N) is 1. The van der Waals surface area contributed by atoms with Crippen LogP contribution in [0.1, 0.15) is 29.8 Å². The Balaban J connectivity index is 1.92. The number of hydrogen-bond donors (Lipinski definition) is 2. The maximum Gasteiger partial charge on any atom is 0.416 e. The summed E-state index contributed by atoms with van der Waals surface area (Å²) >= 11 is 0. The Labute approximate surface area is 161 Å². The quantitative estimate of drug-likeness (QED) is 0.740. The van der Waals surface area contributed by atoms with E-state index in [0.29, 0.717) is 24.3 Å². The Kier molecular flexibility index (Phi) is 7.03. The zero-order valence-corrected chi connectivity index (χ0v) is 15.6. The molecule has 0 fully saturated rings. The summed E-state index contributed by atoms with van der Waals surface area (Å²) < 4.78 is 38.1. The van der Waals surface area contributed by atoms with Crippen LogP contribution < -0.4 is 10.6 Å². The SMILES string of the molecule is CCN(CC)C(=O)c1ccc(NCC(=O)Nc2cccc(C(F)(F)F)c2)cc1. The summed E-state index contributed by atoms with van der Waals surface area (Å²) in [6.07, 6.45) is -4.47. The minimum Gasteiger partial charge on any atom is -0.376 e. The summed E-state index contributed by atoms with van der Waals surface area (Å²) in [5, 5.41) is 5.30. The van der Waals surface area contributed by atoms with Gasteiger partial charge in [-0.1, -0.05) is 6.07 Å². The van der Waals surface area contributed by atoms with Gasteiger partial charge in [0.2, 0.25) is 5.91 Å². The number of rotatable bonds is 7. The van der Waals surface area contributed by atoms with E-state index in [1.807, 2.05) is 13.8 Å². The number of anilines is 2. The minimum absolute atomic E-state index is 0.0705. The highest BCUT2D eigenvalue weighted by molar-refractivity contribution is 5.95. The van der Waals surface area contributed by atoms with Crippen LogP contribution in [0.4, 0.5) is 24.5 Å². The molecule has 0 aliphatic carbocycles. The number of hydrogen-bond acceptors (Lipinski definition) is 3. The molecular weight excluding hydrogens is 371 g/mol. The fraction of sp³-hybridized carbons (Fsp3) is 0.300. The standard InChI is InChI=1S/C20H22F3N3O2/c1-3-26(4-2)19(28)14-8-10-16(11-9-14)24-13-18(27)25-17-7-5-6-15(12-17)20(21,22)23/h5-12,24H,3-4,13H2,1-2H3,(H,25,27). The molecule has 150 valence electrons. The molecule has 2 aromatic rings. The molecule has 0 saturated heterocycles. The molecule has 8 heteroatoms. The Morgan fingerprint density at radius 2 is 1.61 bits per heavy atom. The Morgan fingerprint density at radius 3 is 2.18 bits per heavy atom. The van der Waals surface area contributed by atoms with Gasteiger partial charge in [0.05, 0.1) is 12.1 Å². The van der Waals surface area contributed by atoms with Gasteiger partial charge in [0.15, 0.2) is 0 Å². The van der Waals surface area contributed by atoms with E-state index in [-0.39, 0.29) is 18.1 Å².